The number of aromatic nitrogens is 1. The Morgan fingerprint density at radius 3 is 2.47 bits per heavy atom. The minimum Gasteiger partial charge on any atom is -0.496 e. The largest absolute Gasteiger partial charge is 0.496 e. The third-order valence-corrected chi connectivity index (χ3v) is 5.67. The summed E-state index contributed by atoms with van der Waals surface area (Å²) in [6.45, 7) is 0. The Bertz CT molecular complexity index is 1130. The number of hydrogen-bond donors (Lipinski definition) is 3. The van der Waals surface area contributed by atoms with Crippen LogP contribution in [0.3, 0.4) is 0 Å². The van der Waals surface area contributed by atoms with Crippen molar-refractivity contribution in [3.8, 4) is 5.75 Å². The summed E-state index contributed by atoms with van der Waals surface area (Å²) in [5, 5.41) is 3.52. The van der Waals surface area contributed by atoms with Crippen LogP contribution < -0.4 is 20.9 Å². The molecule has 0 radical (unpaired) electrons. The lowest BCUT2D eigenvalue weighted by Gasteiger charge is -2.19. The third-order valence-electron chi connectivity index (χ3n) is 5.02. The predicted octanol–water partition coefficient (Wildman–Crippen LogP) is 2.50. The molecule has 3 amide bonds. The van der Waals surface area contributed by atoms with E-state index < -0.39 is 23.8 Å². The van der Waals surface area contributed by atoms with E-state index in [0.717, 1.165) is 10.9 Å². The van der Waals surface area contributed by atoms with E-state index in [9.17, 15) is 14.4 Å². The van der Waals surface area contributed by atoms with Crippen LogP contribution >= 0.6 is 11.8 Å². The van der Waals surface area contributed by atoms with Gasteiger partial charge in [-0.2, -0.15) is 11.8 Å². The van der Waals surface area contributed by atoms with Crippen molar-refractivity contribution in [3.63, 3.8) is 0 Å². The topological polar surface area (TPSA) is 101 Å². The van der Waals surface area contributed by atoms with E-state index >= 15 is 0 Å². The van der Waals surface area contributed by atoms with Gasteiger partial charge in [0, 0.05) is 24.1 Å². The molecular weight excluding hydrogens is 428 g/mol. The lowest BCUT2D eigenvalue weighted by molar-refractivity contribution is -0.123. The van der Waals surface area contributed by atoms with Crippen LogP contribution in [0, 0.1) is 0 Å². The molecule has 0 saturated carbocycles. The van der Waals surface area contributed by atoms with Gasteiger partial charge in [0.1, 0.15) is 11.8 Å². The fraction of sp³-hybridized carbons (Fsp3) is 0.261. The number of hydrogen-bond acceptors (Lipinski definition) is 5. The number of carbonyl (C=O) groups excluding carboxylic acids is 3. The summed E-state index contributed by atoms with van der Waals surface area (Å²) in [6.07, 6.45) is 4.03. The summed E-state index contributed by atoms with van der Waals surface area (Å²) in [4.78, 5) is 38.2. The number of thioether (sulfide) groups is 1. The average Bonchev–Trinajstić information content (AvgIpc) is 3.16. The van der Waals surface area contributed by atoms with Gasteiger partial charge in [-0.05, 0) is 36.6 Å². The zero-order chi connectivity index (χ0) is 23.1. The first kappa shape index (κ1) is 23.2. The molecule has 1 heterocycles. The van der Waals surface area contributed by atoms with Gasteiger partial charge in [-0.1, -0.05) is 30.3 Å². The highest BCUT2D eigenvalue weighted by Gasteiger charge is 2.23. The van der Waals surface area contributed by atoms with Crippen molar-refractivity contribution in [1.29, 1.82) is 0 Å². The van der Waals surface area contributed by atoms with Crippen LogP contribution in [0.5, 0.6) is 5.75 Å². The first-order valence-corrected chi connectivity index (χ1v) is 11.4. The van der Waals surface area contributed by atoms with Gasteiger partial charge in [0.2, 0.25) is 0 Å². The van der Waals surface area contributed by atoms with E-state index in [4.69, 9.17) is 4.74 Å². The average molecular weight is 455 g/mol. The van der Waals surface area contributed by atoms with Gasteiger partial charge >= 0.3 is 0 Å². The number of para-hydroxylation sites is 2. The van der Waals surface area contributed by atoms with Gasteiger partial charge < -0.3 is 14.6 Å². The summed E-state index contributed by atoms with van der Waals surface area (Å²) in [5.74, 6) is -0.297. The Morgan fingerprint density at radius 1 is 1.00 bits per heavy atom. The van der Waals surface area contributed by atoms with E-state index in [2.05, 4.69) is 16.2 Å². The Hall–Kier alpha value is -3.46. The number of hydrazine groups is 1. The minimum atomic E-state index is -0.826. The lowest BCUT2D eigenvalue weighted by Crippen LogP contribution is -2.52. The molecule has 1 aromatic heterocycles. The summed E-state index contributed by atoms with van der Waals surface area (Å²) < 4.78 is 7.08. The number of ether oxygens (including phenoxy) is 1. The number of nitrogens with one attached hydrogen (secondary N) is 3. The zero-order valence-electron chi connectivity index (χ0n) is 18.2. The minimum absolute atomic E-state index is 0.330. The van der Waals surface area contributed by atoms with Crippen LogP contribution in [0.4, 0.5) is 0 Å². The summed E-state index contributed by atoms with van der Waals surface area (Å²) in [6, 6.07) is 13.5. The molecule has 0 saturated heterocycles. The van der Waals surface area contributed by atoms with Crippen molar-refractivity contribution in [2.75, 3.05) is 19.1 Å². The molecule has 168 valence electrons. The lowest BCUT2D eigenvalue weighted by atomic mass is 10.1. The molecule has 8 nitrogen and oxygen atoms in total. The molecule has 0 bridgehead atoms. The summed E-state index contributed by atoms with van der Waals surface area (Å²) in [7, 11) is 3.33. The SMILES string of the molecule is COc1ccccc1C(=O)NC(CCSC)C(=O)NNC(=O)c1cn(C)c2ccccc12. The van der Waals surface area contributed by atoms with Crippen molar-refractivity contribution in [2.24, 2.45) is 7.05 Å². The second kappa shape index (κ2) is 10.7. The van der Waals surface area contributed by atoms with Gasteiger partial charge in [-0.15, -0.1) is 0 Å². The third kappa shape index (κ3) is 5.23. The fourth-order valence-corrected chi connectivity index (χ4v) is 3.84. The van der Waals surface area contributed by atoms with Gasteiger partial charge in [-0.3, -0.25) is 25.2 Å². The van der Waals surface area contributed by atoms with Crippen LogP contribution in [0.15, 0.2) is 54.7 Å². The number of carbonyl (C=O) groups is 3. The van der Waals surface area contributed by atoms with E-state index in [1.165, 1.54) is 7.11 Å². The molecule has 0 aliphatic rings. The molecule has 2 aromatic carbocycles. The van der Waals surface area contributed by atoms with E-state index in [-0.39, 0.29) is 0 Å². The van der Waals surface area contributed by atoms with E-state index in [1.54, 1.807) is 42.2 Å². The molecule has 0 aliphatic carbocycles. The molecular formula is C23H26N4O4S. The standard InChI is InChI=1S/C23H26N4O4S/c1-27-14-17(15-8-4-6-10-19(15)27)22(29)25-26-23(30)18(12-13-32-3)24-21(28)16-9-5-7-11-20(16)31-2/h4-11,14,18H,12-13H2,1-3H3,(H,24,28)(H,25,29)(H,26,30). The maximum atomic E-state index is 12.8. The van der Waals surface area contributed by atoms with Crippen LogP contribution in [0.25, 0.3) is 10.9 Å². The first-order valence-electron chi connectivity index (χ1n) is 10.0. The first-order chi connectivity index (χ1) is 15.5. The van der Waals surface area contributed by atoms with E-state index in [1.807, 2.05) is 42.1 Å². The molecule has 9 heteroatoms. The monoisotopic (exact) mass is 454 g/mol. The summed E-state index contributed by atoms with van der Waals surface area (Å²) >= 11 is 1.56. The Kier molecular flexibility index (Phi) is 7.77. The number of fused-ring (bicyclic) bond motifs is 1. The molecule has 3 N–H and O–H groups in total. The quantitative estimate of drug-likeness (QED) is 0.454. The highest BCUT2D eigenvalue weighted by atomic mass is 32.2. The number of methoxy groups -OCH3 is 1. The Labute approximate surface area is 190 Å². The van der Waals surface area contributed by atoms with E-state index in [0.29, 0.717) is 29.1 Å². The molecule has 0 fully saturated rings. The molecule has 3 aromatic rings. The van der Waals surface area contributed by atoms with Crippen molar-refractivity contribution in [2.45, 2.75) is 12.5 Å². The van der Waals surface area contributed by atoms with Crippen molar-refractivity contribution in [3.05, 3.63) is 65.9 Å². The van der Waals surface area contributed by atoms with Gasteiger partial charge in [0.25, 0.3) is 17.7 Å². The molecule has 3 rings (SSSR count). The number of benzene rings is 2. The fourth-order valence-electron chi connectivity index (χ4n) is 3.37. The highest BCUT2D eigenvalue weighted by Crippen LogP contribution is 2.20. The Balaban J connectivity index is 1.69. The maximum absolute atomic E-state index is 12.8. The molecule has 0 aliphatic heterocycles. The number of rotatable bonds is 8. The predicted molar refractivity (Wildman–Crippen MR) is 126 cm³/mol. The number of nitrogens with zero attached hydrogens (tertiary/aromatic N) is 1. The number of aryl methyl sites for hydroxylation is 1. The summed E-state index contributed by atoms with van der Waals surface area (Å²) in [5.41, 5.74) is 6.59. The van der Waals surface area contributed by atoms with Crippen molar-refractivity contribution >= 4 is 40.4 Å². The normalized spacial score (nSPS) is 11.6. The molecule has 0 spiro atoms. The Morgan fingerprint density at radius 2 is 1.72 bits per heavy atom. The van der Waals surface area contributed by atoms with Crippen LogP contribution in [0.2, 0.25) is 0 Å². The van der Waals surface area contributed by atoms with Gasteiger partial charge in [0.15, 0.2) is 0 Å². The zero-order valence-corrected chi connectivity index (χ0v) is 19.0. The van der Waals surface area contributed by atoms with Crippen LogP contribution in [-0.2, 0) is 11.8 Å². The van der Waals surface area contributed by atoms with Crippen molar-refractivity contribution < 1.29 is 19.1 Å². The maximum Gasteiger partial charge on any atom is 0.271 e. The second-order valence-corrected chi connectivity index (χ2v) is 8.11. The highest BCUT2D eigenvalue weighted by molar-refractivity contribution is 7.98. The van der Waals surface area contributed by atoms with Crippen LogP contribution in [-0.4, -0.2) is 47.4 Å². The molecule has 1 atom stereocenters. The van der Waals surface area contributed by atoms with Gasteiger partial charge in [-0.25, -0.2) is 0 Å². The second-order valence-electron chi connectivity index (χ2n) is 7.12. The van der Waals surface area contributed by atoms with Crippen molar-refractivity contribution in [1.82, 2.24) is 20.7 Å². The van der Waals surface area contributed by atoms with Crippen LogP contribution in [0.1, 0.15) is 27.1 Å². The van der Waals surface area contributed by atoms with Gasteiger partial charge in [0.05, 0.1) is 18.2 Å². The smallest absolute Gasteiger partial charge is 0.271 e. The molecule has 1 unspecified atom stereocenters. The molecule has 32 heavy (non-hydrogen) atoms. The number of amides is 3.